The van der Waals surface area contributed by atoms with E-state index >= 15 is 0 Å². The molecule has 7 nitrogen and oxygen atoms in total. The van der Waals surface area contributed by atoms with Crippen LogP contribution >= 0.6 is 0 Å². The van der Waals surface area contributed by atoms with Gasteiger partial charge in [-0.1, -0.05) is 12.1 Å². The van der Waals surface area contributed by atoms with Gasteiger partial charge in [0, 0.05) is 43.0 Å². The normalized spacial score (nSPS) is 20.8. The fraction of sp³-hybridized carbons (Fsp3) is 0.385. The summed E-state index contributed by atoms with van der Waals surface area (Å²) in [6.45, 7) is 1.67. The Morgan fingerprint density at radius 2 is 1.65 bits per heavy atom. The molecule has 1 aromatic carbocycles. The Hall–Kier alpha value is -3.18. The van der Waals surface area contributed by atoms with Crippen LogP contribution in [-0.2, 0) is 16.0 Å². The van der Waals surface area contributed by atoms with Crippen LogP contribution in [0.25, 0.3) is 11.1 Å². The van der Waals surface area contributed by atoms with Gasteiger partial charge in [-0.05, 0) is 67.1 Å². The van der Waals surface area contributed by atoms with E-state index in [2.05, 4.69) is 20.6 Å². The summed E-state index contributed by atoms with van der Waals surface area (Å²) in [6.07, 6.45) is 0.119. The van der Waals surface area contributed by atoms with Crippen LogP contribution in [0.3, 0.4) is 0 Å². The predicted molar refractivity (Wildman–Crippen MR) is 136 cm³/mol. The van der Waals surface area contributed by atoms with Crippen molar-refractivity contribution in [2.75, 3.05) is 24.1 Å². The summed E-state index contributed by atoms with van der Waals surface area (Å²) in [5.74, 6) is 1.13. The molecule has 5 rings (SSSR count). The number of nitrogens with zero attached hydrogens (tertiary/aromatic N) is 2. The van der Waals surface area contributed by atoms with E-state index in [1.165, 1.54) is 6.07 Å². The summed E-state index contributed by atoms with van der Waals surface area (Å²) >= 11 is 0. The van der Waals surface area contributed by atoms with Crippen LogP contribution in [0.5, 0.6) is 0 Å². The number of aromatic nitrogens is 2. The molecule has 3 heterocycles. The van der Waals surface area contributed by atoms with E-state index in [0.29, 0.717) is 37.3 Å². The van der Waals surface area contributed by atoms with Gasteiger partial charge in [-0.15, -0.1) is 0 Å². The average molecular weight is 532 g/mol. The standard InChI is InChI=1S/C26H28F3N5O2S/c27-26(28,29)18-3-10-23(33-15-18)34-19-4-8-21(9-5-19)37(35,36)20-6-1-16(2-7-20)22-11-12-32-25(30)24(22)17-13-31-14-17/h1-3,6-7,10-12,15,17,19,21,31H,4-5,8-9,13-14H2,(H2,30,32)(H,33,34). The van der Waals surface area contributed by atoms with Crippen molar-refractivity contribution >= 4 is 21.5 Å². The summed E-state index contributed by atoms with van der Waals surface area (Å²) in [6, 6.07) is 11.1. The van der Waals surface area contributed by atoms with Gasteiger partial charge in [-0.3, -0.25) is 0 Å². The van der Waals surface area contributed by atoms with E-state index in [9.17, 15) is 21.6 Å². The van der Waals surface area contributed by atoms with Crippen LogP contribution in [0.2, 0.25) is 0 Å². The van der Waals surface area contributed by atoms with Gasteiger partial charge in [-0.25, -0.2) is 18.4 Å². The van der Waals surface area contributed by atoms with E-state index in [-0.39, 0.29) is 16.9 Å². The van der Waals surface area contributed by atoms with E-state index in [4.69, 9.17) is 5.73 Å². The van der Waals surface area contributed by atoms with Gasteiger partial charge < -0.3 is 16.4 Å². The molecular formula is C26H28F3N5O2S. The fourth-order valence-electron chi connectivity index (χ4n) is 5.05. The van der Waals surface area contributed by atoms with Gasteiger partial charge in [0.2, 0.25) is 0 Å². The first-order chi connectivity index (χ1) is 17.6. The molecule has 4 N–H and O–H groups in total. The number of hydrogen-bond acceptors (Lipinski definition) is 7. The molecule has 0 spiro atoms. The number of alkyl halides is 3. The zero-order valence-electron chi connectivity index (χ0n) is 20.0. The monoisotopic (exact) mass is 531 g/mol. The number of pyridine rings is 2. The Morgan fingerprint density at radius 1 is 0.946 bits per heavy atom. The molecule has 1 saturated carbocycles. The van der Waals surface area contributed by atoms with Crippen LogP contribution < -0.4 is 16.4 Å². The molecule has 2 aromatic heterocycles. The number of halogens is 3. The summed E-state index contributed by atoms with van der Waals surface area (Å²) in [7, 11) is -3.52. The molecule has 0 bridgehead atoms. The van der Waals surface area contributed by atoms with Gasteiger partial charge in [0.05, 0.1) is 15.7 Å². The molecule has 0 amide bonds. The van der Waals surface area contributed by atoms with Gasteiger partial charge in [0.25, 0.3) is 0 Å². The summed E-state index contributed by atoms with van der Waals surface area (Å²) in [4.78, 5) is 8.37. The first kappa shape index (κ1) is 25.5. The minimum Gasteiger partial charge on any atom is -0.383 e. The maximum atomic E-state index is 13.3. The third-order valence-corrected chi connectivity index (χ3v) is 9.54. The molecule has 0 atom stereocenters. The van der Waals surface area contributed by atoms with Crippen LogP contribution in [0.15, 0.2) is 59.8 Å². The maximum absolute atomic E-state index is 13.3. The smallest absolute Gasteiger partial charge is 0.383 e. The molecule has 0 radical (unpaired) electrons. The van der Waals surface area contributed by atoms with Gasteiger partial charge in [0.15, 0.2) is 9.84 Å². The van der Waals surface area contributed by atoms with Crippen molar-refractivity contribution in [2.24, 2.45) is 0 Å². The number of rotatable bonds is 6. The van der Waals surface area contributed by atoms with Crippen LogP contribution in [-0.4, -0.2) is 42.8 Å². The van der Waals surface area contributed by atoms with Gasteiger partial charge in [-0.2, -0.15) is 13.2 Å². The first-order valence-electron chi connectivity index (χ1n) is 12.2. The lowest BCUT2D eigenvalue weighted by Gasteiger charge is -2.30. The molecule has 196 valence electrons. The van der Waals surface area contributed by atoms with Crippen molar-refractivity contribution in [1.29, 1.82) is 0 Å². The molecule has 11 heteroatoms. The molecule has 0 unspecified atom stereocenters. The summed E-state index contributed by atoms with van der Waals surface area (Å²) in [5.41, 5.74) is 8.21. The topological polar surface area (TPSA) is 110 Å². The predicted octanol–water partition coefficient (Wildman–Crippen LogP) is 4.63. The highest BCUT2D eigenvalue weighted by molar-refractivity contribution is 7.92. The molecular weight excluding hydrogens is 503 g/mol. The van der Waals surface area contributed by atoms with E-state index in [1.807, 2.05) is 18.2 Å². The van der Waals surface area contributed by atoms with Crippen LogP contribution in [0.1, 0.15) is 42.7 Å². The number of hydrogen-bond donors (Lipinski definition) is 3. The molecule has 1 aliphatic heterocycles. The minimum absolute atomic E-state index is 0.0466. The lowest BCUT2D eigenvalue weighted by molar-refractivity contribution is -0.137. The molecule has 3 aromatic rings. The zero-order chi connectivity index (χ0) is 26.2. The molecule has 1 saturated heterocycles. The highest BCUT2D eigenvalue weighted by atomic mass is 32.2. The fourth-order valence-corrected chi connectivity index (χ4v) is 6.85. The number of benzene rings is 1. The lowest BCUT2D eigenvalue weighted by atomic mass is 9.87. The third-order valence-electron chi connectivity index (χ3n) is 7.26. The second-order valence-corrected chi connectivity index (χ2v) is 11.9. The van der Waals surface area contributed by atoms with E-state index in [1.54, 1.807) is 18.3 Å². The van der Waals surface area contributed by atoms with Crippen molar-refractivity contribution in [3.8, 4) is 11.1 Å². The highest BCUT2D eigenvalue weighted by Gasteiger charge is 2.33. The Labute approximate surface area is 213 Å². The minimum atomic E-state index is -4.43. The van der Waals surface area contributed by atoms with Crippen LogP contribution in [0, 0.1) is 0 Å². The highest BCUT2D eigenvalue weighted by Crippen LogP contribution is 2.36. The van der Waals surface area contributed by atoms with E-state index < -0.39 is 26.8 Å². The maximum Gasteiger partial charge on any atom is 0.417 e. The van der Waals surface area contributed by atoms with Crippen molar-refractivity contribution in [3.63, 3.8) is 0 Å². The number of anilines is 2. The van der Waals surface area contributed by atoms with Gasteiger partial charge in [0.1, 0.15) is 11.6 Å². The van der Waals surface area contributed by atoms with Crippen molar-refractivity contribution in [1.82, 2.24) is 15.3 Å². The number of nitrogens with one attached hydrogen (secondary N) is 2. The number of sulfone groups is 1. The van der Waals surface area contributed by atoms with Crippen molar-refractivity contribution in [2.45, 2.75) is 54.0 Å². The quantitative estimate of drug-likeness (QED) is 0.426. The molecule has 1 aliphatic carbocycles. The van der Waals surface area contributed by atoms with Crippen molar-refractivity contribution < 1.29 is 21.6 Å². The lowest BCUT2D eigenvalue weighted by Crippen LogP contribution is -2.40. The number of nitrogens with two attached hydrogens (primary N) is 1. The average Bonchev–Trinajstić information content (AvgIpc) is 2.84. The molecule has 37 heavy (non-hydrogen) atoms. The second-order valence-electron chi connectivity index (χ2n) is 9.63. The zero-order valence-corrected chi connectivity index (χ0v) is 20.8. The van der Waals surface area contributed by atoms with Crippen LogP contribution in [0.4, 0.5) is 24.8 Å². The SMILES string of the molecule is Nc1nccc(-c2ccc(S(=O)(=O)C3CCC(Nc4ccc(C(F)(F)F)cn4)CC3)cc2)c1C1CNC1. The van der Waals surface area contributed by atoms with Gasteiger partial charge >= 0.3 is 6.18 Å². The number of nitrogen functional groups attached to an aromatic ring is 1. The summed E-state index contributed by atoms with van der Waals surface area (Å²) in [5, 5.41) is 5.87. The first-order valence-corrected chi connectivity index (χ1v) is 13.8. The molecule has 2 fully saturated rings. The Bertz CT molecular complexity index is 1350. The largest absolute Gasteiger partial charge is 0.417 e. The van der Waals surface area contributed by atoms with E-state index in [0.717, 1.165) is 42.0 Å². The Kier molecular flexibility index (Phi) is 6.84. The Balaban J connectivity index is 1.24. The summed E-state index contributed by atoms with van der Waals surface area (Å²) < 4.78 is 64.9. The molecule has 2 aliphatic rings. The third kappa shape index (κ3) is 5.28. The van der Waals surface area contributed by atoms with Crippen molar-refractivity contribution in [3.05, 3.63) is 66.0 Å². The Morgan fingerprint density at radius 3 is 2.22 bits per heavy atom. The second kappa shape index (κ2) is 9.94.